The summed E-state index contributed by atoms with van der Waals surface area (Å²) in [5, 5.41) is 71.5. The zero-order chi connectivity index (χ0) is 52.0. The lowest BCUT2D eigenvalue weighted by Gasteiger charge is -2.49. The predicted molar refractivity (Wildman–Crippen MR) is 261 cm³/mol. The fourth-order valence-electron chi connectivity index (χ4n) is 10.9. The maximum atomic E-state index is 14.5. The molecule has 2 aromatic rings. The quantitative estimate of drug-likeness (QED) is 0.124. The van der Waals surface area contributed by atoms with Gasteiger partial charge in [-0.1, -0.05) is 55.4 Å². The molecule has 3 aliphatic rings. The second-order valence-corrected chi connectivity index (χ2v) is 21.7. The molecular weight excluding hydrogens is 905 g/mol. The summed E-state index contributed by atoms with van der Waals surface area (Å²) in [5.74, 6) is -2.78. The van der Waals surface area contributed by atoms with Gasteiger partial charge in [-0.3, -0.25) is 9.48 Å². The van der Waals surface area contributed by atoms with Crippen LogP contribution >= 0.6 is 0 Å². The molecule has 0 radical (unpaired) electrons. The van der Waals surface area contributed by atoms with Crippen molar-refractivity contribution in [1.82, 2.24) is 24.8 Å². The number of carbonyl (C=O) groups is 1. The van der Waals surface area contributed by atoms with E-state index in [4.69, 9.17) is 28.4 Å². The Morgan fingerprint density at radius 3 is 2.27 bits per heavy atom. The van der Waals surface area contributed by atoms with Gasteiger partial charge in [-0.15, -0.1) is 5.10 Å². The molecule has 19 nitrogen and oxygen atoms in total. The van der Waals surface area contributed by atoms with Crippen LogP contribution in [0.25, 0.3) is 0 Å². The van der Waals surface area contributed by atoms with Crippen LogP contribution in [0.4, 0.5) is 0 Å². The Morgan fingerprint density at radius 2 is 1.64 bits per heavy atom. The van der Waals surface area contributed by atoms with E-state index in [-0.39, 0.29) is 31.3 Å². The first kappa shape index (κ1) is 57.8. The second-order valence-electron chi connectivity index (χ2n) is 21.7. The summed E-state index contributed by atoms with van der Waals surface area (Å²) in [4.78, 5) is 29.4. The van der Waals surface area contributed by atoms with Crippen molar-refractivity contribution in [3.8, 4) is 0 Å². The number of nitroso groups, excluding NO2 is 1. The number of hydrogen-bond acceptors (Lipinski definition) is 18. The Morgan fingerprint density at radius 1 is 0.971 bits per heavy atom. The Bertz CT molecular complexity index is 1960. The Labute approximate surface area is 415 Å². The van der Waals surface area contributed by atoms with Crippen molar-refractivity contribution >= 4 is 5.97 Å². The lowest BCUT2D eigenvalue weighted by atomic mass is 9.77. The van der Waals surface area contributed by atoms with Gasteiger partial charge in [0.1, 0.15) is 36.1 Å². The molecule has 4 heterocycles. The van der Waals surface area contributed by atoms with Crippen LogP contribution in [0, 0.1) is 22.7 Å². The number of rotatable bonds is 15. The van der Waals surface area contributed by atoms with E-state index in [1.807, 2.05) is 74.9 Å². The van der Waals surface area contributed by atoms with Crippen LogP contribution in [-0.4, -0.2) is 181 Å². The highest BCUT2D eigenvalue weighted by Gasteiger charge is 2.53. The summed E-state index contributed by atoms with van der Waals surface area (Å²) in [6.45, 7) is 20.9. The molecule has 0 saturated carbocycles. The van der Waals surface area contributed by atoms with E-state index in [0.29, 0.717) is 32.5 Å². The zero-order valence-corrected chi connectivity index (χ0v) is 44.2. The van der Waals surface area contributed by atoms with E-state index >= 15 is 0 Å². The largest absolute Gasteiger partial charge is 0.459 e. The van der Waals surface area contributed by atoms with E-state index in [9.17, 15) is 35.2 Å². The van der Waals surface area contributed by atoms with Crippen LogP contribution < -0.4 is 0 Å². The zero-order valence-electron chi connectivity index (χ0n) is 44.2. The van der Waals surface area contributed by atoms with Gasteiger partial charge in [-0.25, -0.2) is 0 Å². The lowest BCUT2D eigenvalue weighted by molar-refractivity contribution is -0.318. The van der Waals surface area contributed by atoms with E-state index < -0.39 is 108 Å². The molecule has 70 heavy (non-hydrogen) atoms. The van der Waals surface area contributed by atoms with Gasteiger partial charge < -0.3 is 63.8 Å². The highest BCUT2D eigenvalue weighted by Crippen LogP contribution is 2.40. The molecule has 0 bridgehead atoms. The van der Waals surface area contributed by atoms with E-state index in [1.54, 1.807) is 48.5 Å². The molecule has 1 aromatic heterocycles. The number of aromatic nitrogens is 3. The Balaban J connectivity index is 1.41. The number of esters is 1. The number of cyclic esters (lactones) is 1. The van der Waals surface area contributed by atoms with Gasteiger partial charge >= 0.3 is 5.97 Å². The number of benzene rings is 1. The first-order chi connectivity index (χ1) is 32.8. The van der Waals surface area contributed by atoms with Gasteiger partial charge in [0.15, 0.2) is 12.6 Å². The van der Waals surface area contributed by atoms with Crippen LogP contribution in [0.1, 0.15) is 125 Å². The van der Waals surface area contributed by atoms with Gasteiger partial charge in [0, 0.05) is 63.8 Å². The summed E-state index contributed by atoms with van der Waals surface area (Å²) >= 11 is 0. The number of nitrogens with zero attached hydrogens (tertiary/aromatic N) is 6. The Kier molecular flexibility index (Phi) is 20.1. The molecule has 0 aliphatic carbocycles. The number of aliphatic hydroxyl groups excluding tert-OH is 3. The van der Waals surface area contributed by atoms with Crippen molar-refractivity contribution in [3.63, 3.8) is 0 Å². The highest BCUT2D eigenvalue weighted by molar-refractivity contribution is 5.73. The van der Waals surface area contributed by atoms with Crippen molar-refractivity contribution in [3.05, 3.63) is 52.2 Å². The second kappa shape index (κ2) is 24.3. The molecule has 0 amide bonds. The fourth-order valence-corrected chi connectivity index (χ4v) is 10.9. The molecular formula is C51H86N6O13. The van der Waals surface area contributed by atoms with Crippen molar-refractivity contribution in [2.45, 2.75) is 218 Å². The van der Waals surface area contributed by atoms with E-state index in [1.165, 1.54) is 14.0 Å². The molecule has 1 unspecified atom stereocenters. The fraction of sp³-hybridized carbons (Fsp3) is 0.824. The van der Waals surface area contributed by atoms with Crippen LogP contribution in [-0.2, 0) is 52.6 Å². The first-order valence-corrected chi connectivity index (χ1v) is 25.3. The van der Waals surface area contributed by atoms with E-state index in [0.717, 1.165) is 23.2 Å². The minimum absolute atomic E-state index is 0.101. The summed E-state index contributed by atoms with van der Waals surface area (Å²) in [7, 11) is 5.28. The minimum atomic E-state index is -1.84. The molecule has 398 valence electrons. The maximum absolute atomic E-state index is 14.5. The number of ether oxygens (including phenoxy) is 6. The third-order valence-electron chi connectivity index (χ3n) is 15.7. The molecule has 0 spiro atoms. The summed E-state index contributed by atoms with van der Waals surface area (Å²) in [5.41, 5.74) is -1.76. The number of carbonyl (C=O) groups excluding carboxylic acids is 1. The molecule has 19 heteroatoms. The molecule has 3 aliphatic heterocycles. The van der Waals surface area contributed by atoms with Crippen LogP contribution in [0.2, 0.25) is 0 Å². The summed E-state index contributed by atoms with van der Waals surface area (Å²) < 4.78 is 40.1. The molecule has 3 saturated heterocycles. The summed E-state index contributed by atoms with van der Waals surface area (Å²) in [6.07, 6.45) is -5.81. The third-order valence-corrected chi connectivity index (χ3v) is 15.7. The molecule has 1 aromatic carbocycles. The van der Waals surface area contributed by atoms with Gasteiger partial charge in [-0.2, -0.15) is 4.91 Å². The van der Waals surface area contributed by atoms with Crippen molar-refractivity contribution in [1.29, 1.82) is 0 Å². The summed E-state index contributed by atoms with van der Waals surface area (Å²) in [6, 6.07) is 6.44. The average Bonchev–Trinajstić information content (AvgIpc) is 3.78. The number of aliphatic hydroxyl groups is 5. The minimum Gasteiger partial charge on any atom is -0.459 e. The number of methoxy groups -OCH3 is 1. The monoisotopic (exact) mass is 991 g/mol. The molecule has 19 atom stereocenters. The maximum Gasteiger partial charge on any atom is 0.311 e. The van der Waals surface area contributed by atoms with Gasteiger partial charge in [-0.05, 0) is 112 Å². The average molecular weight is 991 g/mol. The van der Waals surface area contributed by atoms with Crippen molar-refractivity contribution in [2.24, 2.45) is 22.9 Å². The number of hydrogen-bond donors (Lipinski definition) is 5. The third kappa shape index (κ3) is 13.8. The number of likely N-dealkylation sites (N-methyl/N-ethyl adjacent to an activating group) is 2. The van der Waals surface area contributed by atoms with Gasteiger partial charge in [0.2, 0.25) is 0 Å². The molecule has 5 rings (SSSR count). The van der Waals surface area contributed by atoms with Crippen LogP contribution in [0.15, 0.2) is 35.6 Å². The lowest BCUT2D eigenvalue weighted by Crippen LogP contribution is -2.61. The SMILES string of the molecule is CC[C@H]1OC(=O)[C@H](C)[C@@H](O[C@H]2C[C@@](C)(OC)[C@@H](O)[C@H](C)O2)[C@H](C)[C@@H](O[C@@H]2O[C@H](C)C[C@H](N(C)CCc3cn(CCc4ccc(C(C)N=O)cc4)nn3)[C@H]2O)[C@](C)(O)C[C@@H](C)CN(C)[C@H](C)[C@@H](O)[C@]1(C)O. The Hall–Kier alpha value is -3.05. The van der Waals surface area contributed by atoms with Crippen molar-refractivity contribution < 1.29 is 58.7 Å². The van der Waals surface area contributed by atoms with Crippen LogP contribution in [0.3, 0.4) is 0 Å². The van der Waals surface area contributed by atoms with Gasteiger partial charge in [0.25, 0.3) is 0 Å². The predicted octanol–water partition coefficient (Wildman–Crippen LogP) is 4.18. The molecule has 3 fully saturated rings. The number of aryl methyl sites for hydroxylation is 2. The molecule has 5 N–H and O–H groups in total. The first-order valence-electron chi connectivity index (χ1n) is 25.3. The topological polar surface area (TPSA) is 240 Å². The van der Waals surface area contributed by atoms with Gasteiger partial charge in [0.05, 0.1) is 47.2 Å². The van der Waals surface area contributed by atoms with Crippen LogP contribution in [0.5, 0.6) is 0 Å². The van der Waals surface area contributed by atoms with Crippen molar-refractivity contribution in [2.75, 3.05) is 34.3 Å². The normalized spacial score (nSPS) is 40.3. The van der Waals surface area contributed by atoms with E-state index in [2.05, 4.69) is 20.4 Å². The highest BCUT2D eigenvalue weighted by atomic mass is 16.7. The standard InChI is InChI=1S/C51H86N6O13/c1-15-40-51(11,63)44(59)34(7)56(13)27-29(2)25-49(9,62)46(31(4)43(32(5)47(61)68-40)69-41-26-50(10,65-14)45(60)35(8)67-41)70-48-42(58)39(24-30(3)66-48)55(12)22-21-38-28-57(54-52-38)23-20-36-16-18-37(19-17-36)33(6)53-64/h16-19,28-35,39-46,48,58-60,62-63H,15,20-27H2,1-14H3/t29-,30-,31+,32-,33?,34-,35+,39+,40-,41+,42-,43+,44-,45+,46-,48+,49-,50-,51-/m1/s1. The smallest absolute Gasteiger partial charge is 0.311 e.